The highest BCUT2D eigenvalue weighted by atomic mass is 19.1. The maximum absolute atomic E-state index is 12.9. The zero-order valence-electron chi connectivity index (χ0n) is 16.2. The van der Waals surface area contributed by atoms with E-state index in [1.165, 1.54) is 48.2 Å². The molecule has 9 heteroatoms. The van der Waals surface area contributed by atoms with Crippen molar-refractivity contribution in [3.63, 3.8) is 0 Å². The topological polar surface area (TPSA) is 105 Å². The lowest BCUT2D eigenvalue weighted by Crippen LogP contribution is -2.47. The van der Waals surface area contributed by atoms with Crippen LogP contribution in [0.1, 0.15) is 35.7 Å². The molecule has 0 radical (unpaired) electrons. The Labute approximate surface area is 172 Å². The van der Waals surface area contributed by atoms with Crippen molar-refractivity contribution in [2.75, 3.05) is 0 Å². The number of nitrogens with one attached hydrogen (secondary N) is 2. The van der Waals surface area contributed by atoms with E-state index in [1.807, 2.05) is 0 Å². The summed E-state index contributed by atoms with van der Waals surface area (Å²) in [5, 5.41) is 0. The fourth-order valence-corrected chi connectivity index (χ4v) is 2.81. The fourth-order valence-electron chi connectivity index (χ4n) is 2.81. The van der Waals surface area contributed by atoms with Gasteiger partial charge in [-0.3, -0.25) is 34.9 Å². The second kappa shape index (κ2) is 9.17. The van der Waals surface area contributed by atoms with Crippen molar-refractivity contribution in [3.05, 3.63) is 65.5 Å². The van der Waals surface area contributed by atoms with Gasteiger partial charge in [0.05, 0.1) is 6.54 Å². The normalized spacial score (nSPS) is 14.4. The molecule has 1 aliphatic heterocycles. The summed E-state index contributed by atoms with van der Waals surface area (Å²) in [6, 6.07) is 11.5. The van der Waals surface area contributed by atoms with E-state index in [0.29, 0.717) is 11.3 Å². The molecule has 1 unspecified atom stereocenters. The molecule has 0 aliphatic carbocycles. The van der Waals surface area contributed by atoms with Gasteiger partial charge < -0.3 is 4.74 Å². The second-order valence-electron chi connectivity index (χ2n) is 6.73. The number of halogens is 1. The van der Waals surface area contributed by atoms with E-state index >= 15 is 0 Å². The van der Waals surface area contributed by atoms with Crippen LogP contribution in [0.4, 0.5) is 4.39 Å². The van der Waals surface area contributed by atoms with E-state index in [1.54, 1.807) is 12.1 Å². The van der Waals surface area contributed by atoms with Crippen LogP contribution in [0, 0.1) is 5.82 Å². The molecule has 4 amide bonds. The minimum absolute atomic E-state index is 0.161. The number of hydrazine groups is 1. The number of carbonyl (C=O) groups excluding carboxylic acids is 4. The van der Waals surface area contributed by atoms with E-state index in [9.17, 15) is 23.6 Å². The van der Waals surface area contributed by atoms with Gasteiger partial charge in [-0.05, 0) is 48.9 Å². The lowest BCUT2D eigenvalue weighted by molar-refractivity contribution is -0.139. The van der Waals surface area contributed by atoms with Crippen LogP contribution in [-0.4, -0.2) is 34.6 Å². The molecule has 1 saturated heterocycles. The van der Waals surface area contributed by atoms with Crippen LogP contribution in [0.5, 0.6) is 5.75 Å². The van der Waals surface area contributed by atoms with Crippen molar-refractivity contribution >= 4 is 23.6 Å². The molecule has 1 atom stereocenters. The highest BCUT2D eigenvalue weighted by Crippen LogP contribution is 2.16. The number of amides is 4. The number of ether oxygens (including phenoxy) is 1. The van der Waals surface area contributed by atoms with Crippen molar-refractivity contribution in [2.45, 2.75) is 32.4 Å². The Balaban J connectivity index is 1.49. The van der Waals surface area contributed by atoms with Crippen LogP contribution >= 0.6 is 0 Å². The number of nitrogens with zero attached hydrogens (tertiary/aromatic N) is 1. The van der Waals surface area contributed by atoms with Gasteiger partial charge in [0.15, 0.2) is 6.10 Å². The van der Waals surface area contributed by atoms with Crippen LogP contribution in [0.2, 0.25) is 0 Å². The number of hydrogen-bond acceptors (Lipinski definition) is 5. The molecule has 3 rings (SSSR count). The SMILES string of the molecule is CC(Oc1ccc(F)cc1)C(=O)NNC(=O)c1ccc(CN2C(=O)CCC2=O)cc1. The van der Waals surface area contributed by atoms with Gasteiger partial charge in [-0.15, -0.1) is 0 Å². The molecule has 8 nitrogen and oxygen atoms in total. The van der Waals surface area contributed by atoms with Crippen LogP contribution in [-0.2, 0) is 20.9 Å². The summed E-state index contributed by atoms with van der Waals surface area (Å²) in [5.41, 5.74) is 5.54. The number of carbonyl (C=O) groups is 4. The first-order chi connectivity index (χ1) is 14.3. The summed E-state index contributed by atoms with van der Waals surface area (Å²) in [7, 11) is 0. The molecular weight excluding hydrogens is 393 g/mol. The number of imide groups is 1. The third-order valence-corrected chi connectivity index (χ3v) is 4.51. The highest BCUT2D eigenvalue weighted by Gasteiger charge is 2.28. The van der Waals surface area contributed by atoms with Gasteiger partial charge in [0.2, 0.25) is 11.8 Å². The maximum atomic E-state index is 12.9. The van der Waals surface area contributed by atoms with Crippen molar-refractivity contribution in [1.29, 1.82) is 0 Å². The molecule has 30 heavy (non-hydrogen) atoms. The maximum Gasteiger partial charge on any atom is 0.279 e. The summed E-state index contributed by atoms with van der Waals surface area (Å²) in [6.45, 7) is 1.65. The van der Waals surface area contributed by atoms with E-state index in [2.05, 4.69) is 10.9 Å². The first kappa shape index (κ1) is 21.0. The molecule has 2 aromatic carbocycles. The van der Waals surface area contributed by atoms with E-state index in [-0.39, 0.29) is 36.8 Å². The van der Waals surface area contributed by atoms with E-state index < -0.39 is 23.7 Å². The average molecular weight is 413 g/mol. The zero-order chi connectivity index (χ0) is 21.7. The van der Waals surface area contributed by atoms with Crippen LogP contribution in [0.25, 0.3) is 0 Å². The lowest BCUT2D eigenvalue weighted by Gasteiger charge is -2.15. The molecule has 1 heterocycles. The first-order valence-corrected chi connectivity index (χ1v) is 9.28. The smallest absolute Gasteiger partial charge is 0.279 e. The summed E-state index contributed by atoms with van der Waals surface area (Å²) < 4.78 is 18.3. The molecule has 0 saturated carbocycles. The molecule has 0 bridgehead atoms. The van der Waals surface area contributed by atoms with Gasteiger partial charge in [-0.25, -0.2) is 4.39 Å². The molecule has 0 spiro atoms. The quantitative estimate of drug-likeness (QED) is 0.554. The lowest BCUT2D eigenvalue weighted by atomic mass is 10.1. The molecule has 1 aliphatic rings. The van der Waals surface area contributed by atoms with Crippen LogP contribution in [0.15, 0.2) is 48.5 Å². The first-order valence-electron chi connectivity index (χ1n) is 9.28. The van der Waals surface area contributed by atoms with Crippen LogP contribution < -0.4 is 15.6 Å². The van der Waals surface area contributed by atoms with E-state index in [0.717, 1.165) is 0 Å². The predicted molar refractivity (Wildman–Crippen MR) is 103 cm³/mol. The Morgan fingerprint density at radius 2 is 1.60 bits per heavy atom. The van der Waals surface area contributed by atoms with E-state index in [4.69, 9.17) is 4.74 Å². The monoisotopic (exact) mass is 413 g/mol. The minimum atomic E-state index is -0.923. The number of hydrogen-bond donors (Lipinski definition) is 2. The standard InChI is InChI=1S/C21H20FN3O5/c1-13(30-17-8-6-16(22)7-9-17)20(28)23-24-21(29)15-4-2-14(3-5-15)12-25-18(26)10-11-19(25)27/h2-9,13H,10-12H2,1H3,(H,23,28)(H,24,29). The molecule has 2 N–H and O–H groups in total. The molecule has 1 fully saturated rings. The Morgan fingerprint density at radius 3 is 2.20 bits per heavy atom. The summed E-state index contributed by atoms with van der Waals surface area (Å²) >= 11 is 0. The molecule has 2 aromatic rings. The Bertz CT molecular complexity index is 944. The van der Waals surface area contributed by atoms with Gasteiger partial charge in [-0.1, -0.05) is 12.1 Å². The second-order valence-corrected chi connectivity index (χ2v) is 6.73. The Morgan fingerprint density at radius 1 is 1.00 bits per heavy atom. The van der Waals surface area contributed by atoms with Gasteiger partial charge in [0.25, 0.3) is 11.8 Å². The van der Waals surface area contributed by atoms with Gasteiger partial charge >= 0.3 is 0 Å². The van der Waals surface area contributed by atoms with Gasteiger partial charge in [-0.2, -0.15) is 0 Å². The van der Waals surface area contributed by atoms with Crippen molar-refractivity contribution in [3.8, 4) is 5.75 Å². The van der Waals surface area contributed by atoms with Crippen LogP contribution in [0.3, 0.4) is 0 Å². The zero-order valence-corrected chi connectivity index (χ0v) is 16.2. The Hall–Kier alpha value is -3.75. The summed E-state index contributed by atoms with van der Waals surface area (Å²) in [5.74, 6) is -1.65. The third kappa shape index (κ3) is 5.19. The van der Waals surface area contributed by atoms with Gasteiger partial charge in [0, 0.05) is 18.4 Å². The Kier molecular flexibility index (Phi) is 6.41. The number of likely N-dealkylation sites (tertiary alicyclic amines) is 1. The largest absolute Gasteiger partial charge is 0.481 e. The number of rotatable bonds is 6. The minimum Gasteiger partial charge on any atom is -0.481 e. The summed E-state index contributed by atoms with van der Waals surface area (Å²) in [4.78, 5) is 48.8. The van der Waals surface area contributed by atoms with Crippen molar-refractivity contribution in [2.24, 2.45) is 0 Å². The average Bonchev–Trinajstić information content (AvgIpc) is 3.06. The van der Waals surface area contributed by atoms with Gasteiger partial charge in [0.1, 0.15) is 11.6 Å². The van der Waals surface area contributed by atoms with Crippen molar-refractivity contribution < 1.29 is 28.3 Å². The molecule has 156 valence electrons. The third-order valence-electron chi connectivity index (χ3n) is 4.51. The predicted octanol–water partition coefficient (Wildman–Crippen LogP) is 1.70. The highest BCUT2D eigenvalue weighted by molar-refractivity contribution is 6.01. The molecular formula is C21H20FN3O5. The fraction of sp³-hybridized carbons (Fsp3) is 0.238. The molecule has 0 aromatic heterocycles. The number of benzene rings is 2. The van der Waals surface area contributed by atoms with Crippen molar-refractivity contribution in [1.82, 2.24) is 15.8 Å². The summed E-state index contributed by atoms with van der Waals surface area (Å²) in [6.07, 6.45) is -0.473.